The van der Waals surface area contributed by atoms with Crippen LogP contribution in [0.15, 0.2) is 30.3 Å². The molecule has 1 aromatic carbocycles. The van der Waals surface area contributed by atoms with Gasteiger partial charge in [0.25, 0.3) is 0 Å². The summed E-state index contributed by atoms with van der Waals surface area (Å²) in [6.45, 7) is 5.71. The smallest absolute Gasteiger partial charge is 0.244 e. The summed E-state index contributed by atoms with van der Waals surface area (Å²) in [5.74, 6) is -0.595. The lowest BCUT2D eigenvalue weighted by Gasteiger charge is -2.06. The minimum absolute atomic E-state index is 0.0915. The Morgan fingerprint density at radius 1 is 1.20 bits per heavy atom. The van der Waals surface area contributed by atoms with Gasteiger partial charge in [0.2, 0.25) is 11.8 Å². The SMILES string of the molecule is CCc1ccc(/C=C/C(=O)NCC(=O)Nc2c(C)nn(C)c2C)cc1. The van der Waals surface area contributed by atoms with Crippen molar-refractivity contribution in [3.63, 3.8) is 0 Å². The molecular weight excluding hydrogens is 316 g/mol. The monoisotopic (exact) mass is 340 g/mol. The van der Waals surface area contributed by atoms with Crippen LogP contribution in [0.25, 0.3) is 6.08 Å². The largest absolute Gasteiger partial charge is 0.343 e. The third-order valence-corrected chi connectivity index (χ3v) is 4.01. The normalized spacial score (nSPS) is 10.9. The van der Waals surface area contributed by atoms with Crippen molar-refractivity contribution in [3.8, 4) is 0 Å². The number of benzene rings is 1. The first-order valence-electron chi connectivity index (χ1n) is 8.25. The fourth-order valence-corrected chi connectivity index (χ4v) is 2.40. The van der Waals surface area contributed by atoms with Crippen molar-refractivity contribution < 1.29 is 9.59 Å². The average Bonchev–Trinajstić information content (AvgIpc) is 2.84. The molecule has 0 bridgehead atoms. The minimum Gasteiger partial charge on any atom is -0.343 e. The van der Waals surface area contributed by atoms with E-state index in [-0.39, 0.29) is 18.4 Å². The Hall–Kier alpha value is -2.89. The Balaban J connectivity index is 1.84. The highest BCUT2D eigenvalue weighted by molar-refractivity contribution is 5.98. The Kier molecular flexibility index (Phi) is 6.11. The molecule has 25 heavy (non-hydrogen) atoms. The second-order valence-electron chi connectivity index (χ2n) is 5.86. The Bertz CT molecular complexity index is 789. The van der Waals surface area contributed by atoms with Crippen molar-refractivity contribution in [1.82, 2.24) is 15.1 Å². The molecule has 0 saturated heterocycles. The second kappa shape index (κ2) is 8.28. The number of carbonyl (C=O) groups excluding carboxylic acids is 2. The molecule has 2 amide bonds. The molecule has 6 heteroatoms. The van der Waals surface area contributed by atoms with Crippen molar-refractivity contribution >= 4 is 23.6 Å². The van der Waals surface area contributed by atoms with E-state index in [0.717, 1.165) is 23.4 Å². The lowest BCUT2D eigenvalue weighted by Crippen LogP contribution is -2.31. The summed E-state index contributed by atoms with van der Waals surface area (Å²) in [6, 6.07) is 7.99. The van der Waals surface area contributed by atoms with Crippen LogP contribution in [0.3, 0.4) is 0 Å². The topological polar surface area (TPSA) is 76.0 Å². The molecule has 0 fully saturated rings. The molecule has 2 aromatic rings. The van der Waals surface area contributed by atoms with Crippen LogP contribution in [-0.2, 0) is 23.1 Å². The zero-order valence-corrected chi connectivity index (χ0v) is 15.1. The summed E-state index contributed by atoms with van der Waals surface area (Å²) < 4.78 is 1.70. The molecule has 2 N–H and O–H groups in total. The van der Waals surface area contributed by atoms with E-state index in [2.05, 4.69) is 22.7 Å². The molecule has 0 spiro atoms. The van der Waals surface area contributed by atoms with Crippen LogP contribution in [0.2, 0.25) is 0 Å². The summed E-state index contributed by atoms with van der Waals surface area (Å²) in [5.41, 5.74) is 4.49. The first-order valence-corrected chi connectivity index (χ1v) is 8.25. The van der Waals surface area contributed by atoms with Crippen molar-refractivity contribution in [2.24, 2.45) is 7.05 Å². The Morgan fingerprint density at radius 2 is 1.88 bits per heavy atom. The summed E-state index contributed by atoms with van der Waals surface area (Å²) in [6.07, 6.45) is 4.13. The fourth-order valence-electron chi connectivity index (χ4n) is 2.40. The predicted molar refractivity (Wildman–Crippen MR) is 99.2 cm³/mol. The van der Waals surface area contributed by atoms with Crippen LogP contribution in [0.1, 0.15) is 29.4 Å². The minimum atomic E-state index is -0.311. The molecule has 132 valence electrons. The highest BCUT2D eigenvalue weighted by atomic mass is 16.2. The quantitative estimate of drug-likeness (QED) is 0.793. The lowest BCUT2D eigenvalue weighted by molar-refractivity contribution is -0.121. The Labute approximate surface area is 147 Å². The molecule has 0 unspecified atom stereocenters. The van der Waals surface area contributed by atoms with Gasteiger partial charge in [0.05, 0.1) is 23.6 Å². The van der Waals surface area contributed by atoms with Crippen LogP contribution in [0, 0.1) is 13.8 Å². The average molecular weight is 340 g/mol. The van der Waals surface area contributed by atoms with Crippen molar-refractivity contribution in [1.29, 1.82) is 0 Å². The maximum absolute atomic E-state index is 12.0. The van der Waals surface area contributed by atoms with Gasteiger partial charge in [-0.25, -0.2) is 0 Å². The number of carbonyl (C=O) groups is 2. The van der Waals surface area contributed by atoms with E-state index in [9.17, 15) is 9.59 Å². The van der Waals surface area contributed by atoms with Crippen LogP contribution in [-0.4, -0.2) is 28.1 Å². The van der Waals surface area contributed by atoms with Gasteiger partial charge >= 0.3 is 0 Å². The van der Waals surface area contributed by atoms with E-state index >= 15 is 0 Å². The summed E-state index contributed by atoms with van der Waals surface area (Å²) >= 11 is 0. The number of rotatable bonds is 6. The van der Waals surface area contributed by atoms with E-state index in [1.807, 2.05) is 45.2 Å². The van der Waals surface area contributed by atoms with Crippen LogP contribution in [0.4, 0.5) is 5.69 Å². The molecular formula is C19H24N4O2. The molecule has 0 aliphatic carbocycles. The summed E-state index contributed by atoms with van der Waals surface area (Å²) in [7, 11) is 1.82. The molecule has 1 aromatic heterocycles. The summed E-state index contributed by atoms with van der Waals surface area (Å²) in [4.78, 5) is 23.8. The maximum atomic E-state index is 12.0. The van der Waals surface area contributed by atoms with E-state index in [1.54, 1.807) is 10.8 Å². The van der Waals surface area contributed by atoms with E-state index < -0.39 is 0 Å². The zero-order valence-electron chi connectivity index (χ0n) is 15.1. The van der Waals surface area contributed by atoms with Gasteiger partial charge in [-0.15, -0.1) is 0 Å². The van der Waals surface area contributed by atoms with Gasteiger partial charge in [0.1, 0.15) is 0 Å². The standard InChI is InChI=1S/C19H24N4O2/c1-5-15-6-8-16(9-7-15)10-11-17(24)20-12-18(25)21-19-13(2)22-23(4)14(19)3/h6-11H,5,12H2,1-4H3,(H,20,24)(H,21,25)/b11-10+. The van der Waals surface area contributed by atoms with Gasteiger partial charge in [0, 0.05) is 13.1 Å². The first-order chi connectivity index (χ1) is 11.9. The fraction of sp³-hybridized carbons (Fsp3) is 0.316. The molecule has 0 radical (unpaired) electrons. The van der Waals surface area contributed by atoms with Crippen molar-refractivity contribution in [2.45, 2.75) is 27.2 Å². The number of anilines is 1. The van der Waals surface area contributed by atoms with Crippen LogP contribution in [0.5, 0.6) is 0 Å². The number of aromatic nitrogens is 2. The number of nitrogens with one attached hydrogen (secondary N) is 2. The molecule has 1 heterocycles. The number of hydrogen-bond acceptors (Lipinski definition) is 3. The van der Waals surface area contributed by atoms with Gasteiger partial charge < -0.3 is 10.6 Å². The van der Waals surface area contributed by atoms with Gasteiger partial charge in [0.15, 0.2) is 0 Å². The number of amides is 2. The molecule has 0 aliphatic rings. The van der Waals surface area contributed by atoms with E-state index in [4.69, 9.17) is 0 Å². The van der Waals surface area contributed by atoms with Gasteiger partial charge in [-0.3, -0.25) is 14.3 Å². The lowest BCUT2D eigenvalue weighted by atomic mass is 10.1. The van der Waals surface area contributed by atoms with E-state index in [1.165, 1.54) is 11.6 Å². The number of hydrogen-bond donors (Lipinski definition) is 2. The molecule has 2 rings (SSSR count). The third kappa shape index (κ3) is 5.04. The number of nitrogens with zero attached hydrogens (tertiary/aromatic N) is 2. The van der Waals surface area contributed by atoms with Crippen LogP contribution < -0.4 is 10.6 Å². The first kappa shape index (κ1) is 18.4. The van der Waals surface area contributed by atoms with Gasteiger partial charge in [-0.1, -0.05) is 31.2 Å². The Morgan fingerprint density at radius 3 is 2.44 bits per heavy atom. The predicted octanol–water partition coefficient (Wildman–Crippen LogP) is 2.37. The molecule has 6 nitrogen and oxygen atoms in total. The maximum Gasteiger partial charge on any atom is 0.244 e. The molecule has 0 aliphatic heterocycles. The highest BCUT2D eigenvalue weighted by Crippen LogP contribution is 2.17. The zero-order chi connectivity index (χ0) is 18.4. The highest BCUT2D eigenvalue weighted by Gasteiger charge is 2.12. The molecule has 0 atom stereocenters. The number of aryl methyl sites for hydroxylation is 3. The van der Waals surface area contributed by atoms with Crippen molar-refractivity contribution in [3.05, 3.63) is 52.9 Å². The third-order valence-electron chi connectivity index (χ3n) is 4.01. The summed E-state index contributed by atoms with van der Waals surface area (Å²) in [5, 5.41) is 9.59. The van der Waals surface area contributed by atoms with Crippen molar-refractivity contribution in [2.75, 3.05) is 11.9 Å². The second-order valence-corrected chi connectivity index (χ2v) is 5.86. The molecule has 0 saturated carbocycles. The van der Waals surface area contributed by atoms with Crippen LogP contribution >= 0.6 is 0 Å². The van der Waals surface area contributed by atoms with Gasteiger partial charge in [-0.2, -0.15) is 5.10 Å². The van der Waals surface area contributed by atoms with Gasteiger partial charge in [-0.05, 0) is 37.5 Å². The van der Waals surface area contributed by atoms with E-state index in [0.29, 0.717) is 5.69 Å².